The van der Waals surface area contributed by atoms with Crippen LogP contribution in [0.25, 0.3) is 0 Å². The molecule has 0 spiro atoms. The lowest BCUT2D eigenvalue weighted by Gasteiger charge is -1.97. The topological polar surface area (TPSA) is 110 Å². The maximum absolute atomic E-state index is 11.5. The van der Waals surface area contributed by atoms with Crippen molar-refractivity contribution >= 4 is 11.9 Å². The molecule has 0 aliphatic rings. The number of imidazole rings is 2. The Balaban J connectivity index is 2.07. The standard InChI is InChI=1S/C9H8N4O4/c1-16-7(14)6-3-11-9(13-6)17-8(15)5-2-10-4-12-5/h2-4H,1H3,(H,10,12)(H,11,13). The molecular weight excluding hydrogens is 228 g/mol. The number of nitrogens with zero attached hydrogens (tertiary/aromatic N) is 2. The Morgan fingerprint density at radius 1 is 1.24 bits per heavy atom. The van der Waals surface area contributed by atoms with E-state index >= 15 is 0 Å². The van der Waals surface area contributed by atoms with Gasteiger partial charge in [0.25, 0.3) is 0 Å². The first-order valence-electron chi connectivity index (χ1n) is 4.54. The first-order valence-corrected chi connectivity index (χ1v) is 4.54. The van der Waals surface area contributed by atoms with Gasteiger partial charge in [0.2, 0.25) is 0 Å². The zero-order valence-corrected chi connectivity index (χ0v) is 8.76. The Morgan fingerprint density at radius 3 is 2.71 bits per heavy atom. The molecule has 2 rings (SSSR count). The van der Waals surface area contributed by atoms with E-state index in [-0.39, 0.29) is 17.4 Å². The highest BCUT2D eigenvalue weighted by molar-refractivity contribution is 5.89. The van der Waals surface area contributed by atoms with Gasteiger partial charge in [-0.3, -0.25) is 0 Å². The van der Waals surface area contributed by atoms with Crippen molar-refractivity contribution in [3.05, 3.63) is 30.1 Å². The van der Waals surface area contributed by atoms with Crippen LogP contribution in [0.1, 0.15) is 21.0 Å². The highest BCUT2D eigenvalue weighted by Crippen LogP contribution is 2.07. The molecule has 0 aliphatic carbocycles. The number of rotatable bonds is 3. The number of carbonyl (C=O) groups is 2. The number of carbonyl (C=O) groups excluding carboxylic acids is 2. The number of hydrogen-bond donors (Lipinski definition) is 2. The molecule has 0 unspecified atom stereocenters. The molecule has 8 heteroatoms. The van der Waals surface area contributed by atoms with Crippen molar-refractivity contribution in [3.8, 4) is 6.01 Å². The molecule has 2 heterocycles. The van der Waals surface area contributed by atoms with Crippen LogP contribution < -0.4 is 4.74 Å². The van der Waals surface area contributed by atoms with E-state index in [1.807, 2.05) is 0 Å². The summed E-state index contributed by atoms with van der Waals surface area (Å²) in [4.78, 5) is 35.0. The van der Waals surface area contributed by atoms with Crippen LogP contribution >= 0.6 is 0 Å². The van der Waals surface area contributed by atoms with Gasteiger partial charge < -0.3 is 19.4 Å². The largest absolute Gasteiger partial charge is 0.464 e. The number of aromatic nitrogens is 4. The minimum Gasteiger partial charge on any atom is -0.464 e. The highest BCUT2D eigenvalue weighted by Gasteiger charge is 2.14. The molecule has 0 saturated carbocycles. The first kappa shape index (κ1) is 10.9. The molecule has 0 radical (unpaired) electrons. The number of hydrogen-bond acceptors (Lipinski definition) is 6. The number of H-pyrrole nitrogens is 2. The van der Waals surface area contributed by atoms with Crippen molar-refractivity contribution in [2.24, 2.45) is 0 Å². The highest BCUT2D eigenvalue weighted by atomic mass is 16.6. The van der Waals surface area contributed by atoms with Crippen LogP contribution in [0.4, 0.5) is 0 Å². The summed E-state index contributed by atoms with van der Waals surface area (Å²) >= 11 is 0. The van der Waals surface area contributed by atoms with Crippen LogP contribution in [-0.4, -0.2) is 39.0 Å². The quantitative estimate of drug-likeness (QED) is 0.733. The van der Waals surface area contributed by atoms with Crippen LogP contribution in [-0.2, 0) is 4.74 Å². The predicted octanol–water partition coefficient (Wildman–Crippen LogP) is 0.139. The average Bonchev–Trinajstić information content (AvgIpc) is 2.98. The average molecular weight is 236 g/mol. The van der Waals surface area contributed by atoms with Crippen molar-refractivity contribution in [2.45, 2.75) is 0 Å². The molecule has 88 valence electrons. The number of methoxy groups -OCH3 is 1. The number of ether oxygens (including phenoxy) is 2. The zero-order chi connectivity index (χ0) is 12.3. The fraction of sp³-hybridized carbons (Fsp3) is 0.111. The molecule has 0 aromatic carbocycles. The smallest absolute Gasteiger partial charge is 0.364 e. The molecule has 2 N–H and O–H groups in total. The SMILES string of the molecule is COC(=O)c1cnc(OC(=O)c2cnc[nH]2)[nH]1. The van der Waals surface area contributed by atoms with Crippen LogP contribution in [0.5, 0.6) is 6.01 Å². The van der Waals surface area contributed by atoms with Crippen LogP contribution in [0.15, 0.2) is 18.7 Å². The fourth-order valence-corrected chi connectivity index (χ4v) is 1.08. The summed E-state index contributed by atoms with van der Waals surface area (Å²) in [5.74, 6) is -1.25. The van der Waals surface area contributed by atoms with E-state index in [0.717, 1.165) is 0 Å². The zero-order valence-electron chi connectivity index (χ0n) is 8.76. The van der Waals surface area contributed by atoms with Gasteiger partial charge in [-0.05, 0) is 0 Å². The molecule has 2 aromatic heterocycles. The van der Waals surface area contributed by atoms with Gasteiger partial charge in [-0.15, -0.1) is 0 Å². The molecule has 8 nitrogen and oxygen atoms in total. The third kappa shape index (κ3) is 2.30. The fourth-order valence-electron chi connectivity index (χ4n) is 1.08. The predicted molar refractivity (Wildman–Crippen MR) is 53.5 cm³/mol. The van der Waals surface area contributed by atoms with Crippen molar-refractivity contribution in [2.75, 3.05) is 7.11 Å². The molecule has 0 amide bonds. The van der Waals surface area contributed by atoms with E-state index in [0.29, 0.717) is 0 Å². The van der Waals surface area contributed by atoms with E-state index < -0.39 is 11.9 Å². The second-order valence-electron chi connectivity index (χ2n) is 2.95. The van der Waals surface area contributed by atoms with E-state index in [1.165, 1.54) is 25.8 Å². The van der Waals surface area contributed by atoms with E-state index in [2.05, 4.69) is 24.7 Å². The monoisotopic (exact) mass is 236 g/mol. The van der Waals surface area contributed by atoms with Crippen molar-refractivity contribution in [3.63, 3.8) is 0 Å². The lowest BCUT2D eigenvalue weighted by molar-refractivity contribution is 0.0590. The number of aromatic amines is 2. The number of esters is 2. The minimum atomic E-state index is -0.659. The minimum absolute atomic E-state index is 0.0926. The van der Waals surface area contributed by atoms with Gasteiger partial charge in [-0.25, -0.2) is 19.6 Å². The summed E-state index contributed by atoms with van der Waals surface area (Å²) in [7, 11) is 1.24. The normalized spacial score (nSPS) is 9.94. The molecular formula is C9H8N4O4. The summed E-state index contributed by atoms with van der Waals surface area (Å²) < 4.78 is 9.31. The molecule has 17 heavy (non-hydrogen) atoms. The van der Waals surface area contributed by atoms with E-state index in [1.54, 1.807) is 0 Å². The second-order valence-corrected chi connectivity index (χ2v) is 2.95. The lowest BCUT2D eigenvalue weighted by Crippen LogP contribution is -2.10. The van der Waals surface area contributed by atoms with Gasteiger partial charge in [0, 0.05) is 0 Å². The van der Waals surface area contributed by atoms with Gasteiger partial charge in [-0.1, -0.05) is 0 Å². The maximum atomic E-state index is 11.5. The van der Waals surface area contributed by atoms with Gasteiger partial charge in [-0.2, -0.15) is 0 Å². The third-order valence-electron chi connectivity index (χ3n) is 1.87. The second kappa shape index (κ2) is 4.47. The van der Waals surface area contributed by atoms with E-state index in [9.17, 15) is 9.59 Å². The summed E-state index contributed by atoms with van der Waals surface area (Å²) in [6.07, 6.45) is 3.87. The molecule has 0 bridgehead atoms. The molecule has 0 atom stereocenters. The summed E-state index contributed by atoms with van der Waals surface area (Å²) in [6, 6.07) is -0.0926. The lowest BCUT2D eigenvalue weighted by atomic mass is 10.5. The van der Waals surface area contributed by atoms with Crippen molar-refractivity contribution in [1.29, 1.82) is 0 Å². The molecule has 0 fully saturated rings. The van der Waals surface area contributed by atoms with Gasteiger partial charge in [0.1, 0.15) is 11.4 Å². The summed E-state index contributed by atoms with van der Waals surface area (Å²) in [5, 5.41) is 0. The maximum Gasteiger partial charge on any atom is 0.364 e. The Bertz CT molecular complexity index is 531. The third-order valence-corrected chi connectivity index (χ3v) is 1.87. The Hall–Kier alpha value is -2.64. The van der Waals surface area contributed by atoms with Crippen molar-refractivity contribution in [1.82, 2.24) is 19.9 Å². The van der Waals surface area contributed by atoms with Crippen LogP contribution in [0.2, 0.25) is 0 Å². The van der Waals surface area contributed by atoms with Gasteiger partial charge >= 0.3 is 17.9 Å². The summed E-state index contributed by atoms with van der Waals surface area (Å²) in [6.45, 7) is 0. The Labute approximate surface area is 95.0 Å². The summed E-state index contributed by atoms with van der Waals surface area (Å²) in [5.41, 5.74) is 0.279. The molecule has 0 aliphatic heterocycles. The van der Waals surface area contributed by atoms with Gasteiger partial charge in [0.05, 0.1) is 25.8 Å². The first-order chi connectivity index (χ1) is 8.20. The molecule has 0 saturated heterocycles. The molecule has 2 aromatic rings. The van der Waals surface area contributed by atoms with Crippen LogP contribution in [0, 0.1) is 0 Å². The van der Waals surface area contributed by atoms with E-state index in [4.69, 9.17) is 4.74 Å². The Kier molecular flexibility index (Phi) is 2.86. The Morgan fingerprint density at radius 2 is 2.06 bits per heavy atom. The van der Waals surface area contributed by atoms with Crippen LogP contribution in [0.3, 0.4) is 0 Å². The number of nitrogens with one attached hydrogen (secondary N) is 2. The van der Waals surface area contributed by atoms with Crippen molar-refractivity contribution < 1.29 is 19.1 Å². The van der Waals surface area contributed by atoms with Gasteiger partial charge in [0.15, 0.2) is 0 Å².